The molecule has 0 fully saturated rings. The molecule has 1 aromatic heterocycles. The number of benzene rings is 2. The Balaban J connectivity index is 2.46. The molecule has 0 aliphatic carbocycles. The molecule has 3 aromatic rings. The average molecular weight is 350 g/mol. The van der Waals surface area contributed by atoms with Crippen LogP contribution in [-0.2, 0) is 0 Å². The monoisotopic (exact) mass is 350 g/mol. The molecule has 27 heavy (non-hydrogen) atoms. The zero-order valence-electron chi connectivity index (χ0n) is 15.5. The van der Waals surface area contributed by atoms with E-state index in [0.29, 0.717) is 5.82 Å². The molecule has 2 nitrogen and oxygen atoms in total. The van der Waals surface area contributed by atoms with Gasteiger partial charge in [-0.15, -0.1) is 0 Å². The third kappa shape index (κ3) is 3.56. The average Bonchev–Trinajstić information content (AvgIpc) is 2.72. The Labute approximate surface area is 160 Å². The molecule has 0 aliphatic rings. The molecule has 0 radical (unpaired) electrons. The van der Waals surface area contributed by atoms with Crippen LogP contribution in [0.4, 0.5) is 0 Å². The van der Waals surface area contributed by atoms with E-state index in [1.54, 1.807) is 6.08 Å². The second-order valence-electron chi connectivity index (χ2n) is 5.99. The van der Waals surface area contributed by atoms with Crippen molar-refractivity contribution in [2.24, 2.45) is 0 Å². The van der Waals surface area contributed by atoms with Crippen molar-refractivity contribution in [1.82, 2.24) is 9.97 Å². The van der Waals surface area contributed by atoms with Gasteiger partial charge >= 0.3 is 0 Å². The van der Waals surface area contributed by atoms with Gasteiger partial charge in [0.1, 0.15) is 0 Å². The Morgan fingerprint density at radius 2 is 1.70 bits per heavy atom. The lowest BCUT2D eigenvalue weighted by atomic mass is 9.98. The smallest absolute Gasteiger partial charge is 0.160 e. The summed E-state index contributed by atoms with van der Waals surface area (Å²) in [6.07, 6.45) is 11.4. The van der Waals surface area contributed by atoms with E-state index in [1.165, 1.54) is 0 Å². The highest BCUT2D eigenvalue weighted by atomic mass is 14.9. The summed E-state index contributed by atoms with van der Waals surface area (Å²) in [5.41, 5.74) is 5.65. The van der Waals surface area contributed by atoms with Crippen molar-refractivity contribution < 1.29 is 0 Å². The summed E-state index contributed by atoms with van der Waals surface area (Å²) in [5, 5.41) is 0.974. The summed E-state index contributed by atoms with van der Waals surface area (Å²) in [4.78, 5) is 9.78. The minimum Gasteiger partial charge on any atom is -0.227 e. The Morgan fingerprint density at radius 1 is 0.926 bits per heavy atom. The van der Waals surface area contributed by atoms with Gasteiger partial charge in [-0.25, -0.2) is 9.97 Å². The molecular weight excluding hydrogens is 328 g/mol. The highest BCUT2D eigenvalue weighted by molar-refractivity contribution is 5.99. The molecule has 0 saturated heterocycles. The maximum absolute atomic E-state index is 4.90. The number of aromatic nitrogens is 2. The molecule has 0 N–H and O–H groups in total. The molecular formula is C25H22N2. The first-order valence-electron chi connectivity index (χ1n) is 8.84. The third-order valence-corrected chi connectivity index (χ3v) is 4.31. The Hall–Kier alpha value is -3.52. The van der Waals surface area contributed by atoms with Crippen LogP contribution in [0.25, 0.3) is 40.0 Å². The second kappa shape index (κ2) is 8.24. The van der Waals surface area contributed by atoms with E-state index in [4.69, 9.17) is 9.97 Å². The highest BCUT2D eigenvalue weighted by Crippen LogP contribution is 2.31. The molecule has 132 valence electrons. The number of hydrogen-bond acceptors (Lipinski definition) is 2. The van der Waals surface area contributed by atoms with Gasteiger partial charge in [0.15, 0.2) is 5.82 Å². The molecule has 0 spiro atoms. The topological polar surface area (TPSA) is 25.8 Å². The van der Waals surface area contributed by atoms with Gasteiger partial charge in [-0.05, 0) is 18.6 Å². The van der Waals surface area contributed by atoms with Crippen LogP contribution in [0.2, 0.25) is 0 Å². The lowest BCUT2D eigenvalue weighted by Gasteiger charge is -2.13. The predicted octanol–water partition coefficient (Wildman–Crippen LogP) is 6.73. The van der Waals surface area contributed by atoms with Gasteiger partial charge in [0.25, 0.3) is 0 Å². The van der Waals surface area contributed by atoms with Crippen molar-refractivity contribution in [1.29, 1.82) is 0 Å². The van der Waals surface area contributed by atoms with E-state index in [9.17, 15) is 0 Å². The minimum absolute atomic E-state index is 0.682. The summed E-state index contributed by atoms with van der Waals surface area (Å²) in [6.45, 7) is 13.7. The minimum atomic E-state index is 0.682. The maximum atomic E-state index is 4.90. The van der Waals surface area contributed by atoms with E-state index in [1.807, 2.05) is 79.8 Å². The predicted molar refractivity (Wildman–Crippen MR) is 118 cm³/mol. The summed E-state index contributed by atoms with van der Waals surface area (Å²) in [6, 6.07) is 14.1. The lowest BCUT2D eigenvalue weighted by Crippen LogP contribution is -1.99. The molecule has 0 unspecified atom stereocenters. The van der Waals surface area contributed by atoms with Crippen LogP contribution >= 0.6 is 0 Å². The van der Waals surface area contributed by atoms with Gasteiger partial charge in [-0.2, -0.15) is 0 Å². The van der Waals surface area contributed by atoms with Gasteiger partial charge in [0.05, 0.1) is 11.2 Å². The Morgan fingerprint density at radius 3 is 2.33 bits per heavy atom. The second-order valence-corrected chi connectivity index (χ2v) is 5.99. The molecule has 3 rings (SSSR count). The first-order chi connectivity index (χ1) is 13.2. The molecule has 0 saturated carbocycles. The van der Waals surface area contributed by atoms with E-state index < -0.39 is 0 Å². The van der Waals surface area contributed by atoms with Gasteiger partial charge in [0.2, 0.25) is 0 Å². The summed E-state index contributed by atoms with van der Waals surface area (Å²) in [5.74, 6) is 0.682. The lowest BCUT2D eigenvalue weighted by molar-refractivity contribution is 1.20. The quantitative estimate of drug-likeness (QED) is 0.461. The van der Waals surface area contributed by atoms with Crippen LogP contribution in [-0.4, -0.2) is 9.97 Å². The van der Waals surface area contributed by atoms with Gasteiger partial charge in [0, 0.05) is 22.1 Å². The van der Waals surface area contributed by atoms with Crippen LogP contribution < -0.4 is 0 Å². The zero-order valence-corrected chi connectivity index (χ0v) is 15.5. The van der Waals surface area contributed by atoms with Crippen molar-refractivity contribution in [3.8, 4) is 11.4 Å². The van der Waals surface area contributed by atoms with Gasteiger partial charge < -0.3 is 0 Å². The number of hydrogen-bond donors (Lipinski definition) is 0. The molecule has 1 heterocycles. The molecule has 0 bridgehead atoms. The van der Waals surface area contributed by atoms with Crippen LogP contribution in [0, 0.1) is 0 Å². The Kier molecular flexibility index (Phi) is 5.58. The SMILES string of the molecule is C=C/C=C(\C=C/C)c1nc(-c2ccccc2)nc2c(C=C)c(C=C)ccc12. The van der Waals surface area contributed by atoms with E-state index in [2.05, 4.69) is 19.7 Å². The Bertz CT molecular complexity index is 1070. The normalized spacial score (nSPS) is 11.7. The van der Waals surface area contributed by atoms with Crippen LogP contribution in [0.15, 0.2) is 86.5 Å². The van der Waals surface area contributed by atoms with Crippen molar-refractivity contribution in [3.05, 3.63) is 103 Å². The summed E-state index contributed by atoms with van der Waals surface area (Å²) < 4.78 is 0. The van der Waals surface area contributed by atoms with Crippen LogP contribution in [0.1, 0.15) is 23.7 Å². The van der Waals surface area contributed by atoms with E-state index in [0.717, 1.165) is 38.9 Å². The summed E-state index contributed by atoms with van der Waals surface area (Å²) >= 11 is 0. The number of fused-ring (bicyclic) bond motifs is 1. The molecule has 0 amide bonds. The van der Waals surface area contributed by atoms with Crippen molar-refractivity contribution in [2.75, 3.05) is 0 Å². The van der Waals surface area contributed by atoms with Gasteiger partial charge in [-0.3, -0.25) is 0 Å². The molecule has 2 heteroatoms. The van der Waals surface area contributed by atoms with Crippen molar-refractivity contribution in [3.63, 3.8) is 0 Å². The first kappa shape index (κ1) is 18.3. The first-order valence-corrected chi connectivity index (χ1v) is 8.84. The summed E-state index contributed by atoms with van der Waals surface area (Å²) in [7, 11) is 0. The fraction of sp³-hybridized carbons (Fsp3) is 0.0400. The largest absolute Gasteiger partial charge is 0.227 e. The molecule has 2 aromatic carbocycles. The van der Waals surface area contributed by atoms with Crippen molar-refractivity contribution in [2.45, 2.75) is 6.92 Å². The fourth-order valence-corrected chi connectivity index (χ4v) is 3.08. The maximum Gasteiger partial charge on any atom is 0.160 e. The van der Waals surface area contributed by atoms with Crippen LogP contribution in [0.3, 0.4) is 0 Å². The fourth-order valence-electron chi connectivity index (χ4n) is 3.08. The van der Waals surface area contributed by atoms with Gasteiger partial charge in [-0.1, -0.05) is 92.6 Å². The van der Waals surface area contributed by atoms with E-state index in [-0.39, 0.29) is 0 Å². The standard InChI is InChI=1S/C25H22N2/c1-5-12-19(13-6-2)23-22-17-16-18(7-3)21(8-4)24(22)27-25(26-23)20-14-10-9-11-15-20/h5-17H,1,3-4H2,2H3/b13-6-,19-12+. The zero-order chi connectivity index (χ0) is 19.2. The molecule has 0 aliphatic heterocycles. The number of rotatable bonds is 6. The number of nitrogens with zero attached hydrogens (tertiary/aromatic N) is 2. The van der Waals surface area contributed by atoms with Crippen LogP contribution in [0.5, 0.6) is 0 Å². The van der Waals surface area contributed by atoms with E-state index >= 15 is 0 Å². The third-order valence-electron chi connectivity index (χ3n) is 4.31. The highest BCUT2D eigenvalue weighted by Gasteiger charge is 2.14. The molecule has 0 atom stereocenters. The van der Waals surface area contributed by atoms with Crippen molar-refractivity contribution >= 4 is 28.6 Å². The number of allylic oxidation sites excluding steroid dienone is 5.